The van der Waals surface area contributed by atoms with Crippen molar-refractivity contribution >= 4 is 28.3 Å². The van der Waals surface area contributed by atoms with Crippen LogP contribution in [0.25, 0.3) is 10.9 Å². The van der Waals surface area contributed by atoms with Gasteiger partial charge in [-0.05, 0) is 12.8 Å². The topological polar surface area (TPSA) is 63.6 Å². The molecule has 33 heavy (non-hydrogen) atoms. The summed E-state index contributed by atoms with van der Waals surface area (Å²) in [5.74, 6) is -0.0470. The molecule has 0 saturated carbocycles. The number of fused-ring (bicyclic) bond motifs is 3. The second-order valence-corrected chi connectivity index (χ2v) is 9.96. The largest absolute Gasteiger partial charge is 0.475 e. The number of hydrogen-bond acceptors (Lipinski definition) is 7. The molecule has 7 nitrogen and oxygen atoms in total. The highest BCUT2D eigenvalue weighted by molar-refractivity contribution is 6.30. The summed E-state index contributed by atoms with van der Waals surface area (Å²) in [7, 11) is 0. The van der Waals surface area contributed by atoms with Gasteiger partial charge in [-0.2, -0.15) is 15.0 Å². The molecule has 1 unspecified atom stereocenters. The Morgan fingerprint density at radius 3 is 2.67 bits per heavy atom. The van der Waals surface area contributed by atoms with Crippen LogP contribution < -0.4 is 14.4 Å². The molecule has 0 aromatic carbocycles. The van der Waals surface area contributed by atoms with Crippen LogP contribution >= 0.6 is 11.6 Å². The number of rotatable bonds is 3. The Balaban J connectivity index is 1.41. The molecule has 4 atom stereocenters. The van der Waals surface area contributed by atoms with Crippen molar-refractivity contribution in [2.24, 2.45) is 0 Å². The molecule has 3 fully saturated rings. The molecule has 11 heteroatoms. The zero-order chi connectivity index (χ0) is 22.7. The maximum absolute atomic E-state index is 15.1. The van der Waals surface area contributed by atoms with Crippen molar-refractivity contribution in [3.05, 3.63) is 11.0 Å². The molecular weight excluding hydrogens is 459 g/mol. The summed E-state index contributed by atoms with van der Waals surface area (Å²) < 4.78 is 55.2. The summed E-state index contributed by atoms with van der Waals surface area (Å²) in [4.78, 5) is 17.0. The average Bonchev–Trinajstić information content (AvgIpc) is 3.05. The lowest BCUT2D eigenvalue weighted by atomic mass is 9.94. The van der Waals surface area contributed by atoms with Crippen LogP contribution in [0, 0.1) is 5.82 Å². The van der Waals surface area contributed by atoms with Gasteiger partial charge in [-0.15, -0.1) is 0 Å². The summed E-state index contributed by atoms with van der Waals surface area (Å²) in [6.45, 7) is 1.56. The van der Waals surface area contributed by atoms with Crippen molar-refractivity contribution in [3.63, 3.8) is 0 Å². The Hall–Kier alpha value is -2.07. The number of alkyl halides is 2. The monoisotopic (exact) mass is 483 g/mol. The van der Waals surface area contributed by atoms with E-state index in [4.69, 9.17) is 21.1 Å². The van der Waals surface area contributed by atoms with Crippen molar-refractivity contribution in [1.29, 1.82) is 0 Å². The third-order valence-electron chi connectivity index (χ3n) is 7.41. The molecule has 3 saturated heterocycles. The van der Waals surface area contributed by atoms with Crippen LogP contribution in [0.4, 0.5) is 19.0 Å². The Labute approximate surface area is 194 Å². The highest BCUT2D eigenvalue weighted by Crippen LogP contribution is 2.43. The average molecular weight is 484 g/mol. The van der Waals surface area contributed by atoms with Gasteiger partial charge < -0.3 is 14.4 Å². The first-order valence-electron chi connectivity index (χ1n) is 11.6. The minimum absolute atomic E-state index is 0.0196. The van der Waals surface area contributed by atoms with E-state index in [-0.39, 0.29) is 61.1 Å². The van der Waals surface area contributed by atoms with Crippen LogP contribution in [0.3, 0.4) is 0 Å². The van der Waals surface area contributed by atoms with Crippen LogP contribution in [0.1, 0.15) is 38.5 Å². The van der Waals surface area contributed by atoms with E-state index in [1.54, 1.807) is 0 Å². The van der Waals surface area contributed by atoms with Gasteiger partial charge in [0.05, 0.1) is 11.6 Å². The Bertz CT molecular complexity index is 1080. The van der Waals surface area contributed by atoms with Crippen LogP contribution in [0.2, 0.25) is 5.15 Å². The Kier molecular flexibility index (Phi) is 5.21. The summed E-state index contributed by atoms with van der Waals surface area (Å²) in [6.07, 6.45) is 2.40. The molecule has 6 heterocycles. The number of pyridine rings is 1. The van der Waals surface area contributed by atoms with E-state index >= 15 is 4.39 Å². The SMILES string of the molecule is Fc1c(Cl)nc2c3c(nc(OCC45C[C@H](F)CN4C[C@H](F)C5)nc13)N1CCCCC[C@H]1CO2. The van der Waals surface area contributed by atoms with Crippen molar-refractivity contribution in [1.82, 2.24) is 19.9 Å². The van der Waals surface area contributed by atoms with Gasteiger partial charge in [0.2, 0.25) is 5.88 Å². The van der Waals surface area contributed by atoms with Crippen molar-refractivity contribution < 1.29 is 22.6 Å². The van der Waals surface area contributed by atoms with E-state index in [9.17, 15) is 8.78 Å². The standard InChI is InChI=1S/C22H25ClF3N5O2/c23-18-16(26)17-15-19(31-5-3-1-2-4-14(31)10-32-20(15)28-18)29-21(27-17)33-11-22-6-12(24)8-30(22)9-13(25)7-22/h12-14H,1-11H2/t12-,13+,14-,22?/m0/s1. The molecule has 2 aromatic rings. The lowest BCUT2D eigenvalue weighted by Crippen LogP contribution is -2.43. The Morgan fingerprint density at radius 1 is 1.09 bits per heavy atom. The number of halogens is 4. The van der Waals surface area contributed by atoms with Gasteiger partial charge in [0, 0.05) is 32.5 Å². The molecule has 4 aliphatic rings. The molecule has 0 radical (unpaired) electrons. The fraction of sp³-hybridized carbons (Fsp3) is 0.682. The third kappa shape index (κ3) is 3.56. The highest BCUT2D eigenvalue weighted by atomic mass is 35.5. The lowest BCUT2D eigenvalue weighted by molar-refractivity contribution is 0.107. The van der Waals surface area contributed by atoms with Gasteiger partial charge in [0.15, 0.2) is 11.0 Å². The van der Waals surface area contributed by atoms with Crippen LogP contribution in [0.15, 0.2) is 0 Å². The van der Waals surface area contributed by atoms with Gasteiger partial charge >= 0.3 is 6.01 Å². The quantitative estimate of drug-likeness (QED) is 0.614. The summed E-state index contributed by atoms with van der Waals surface area (Å²) in [5, 5.41) is 0.0462. The van der Waals surface area contributed by atoms with Crippen molar-refractivity contribution in [2.75, 3.05) is 37.7 Å². The minimum Gasteiger partial charge on any atom is -0.475 e. The number of nitrogens with zero attached hydrogens (tertiary/aromatic N) is 5. The van der Waals surface area contributed by atoms with Gasteiger partial charge in [0.25, 0.3) is 0 Å². The third-order valence-corrected chi connectivity index (χ3v) is 7.66. The molecular formula is C22H25ClF3N5O2. The first-order valence-corrected chi connectivity index (χ1v) is 11.9. The number of ether oxygens (including phenoxy) is 2. The van der Waals surface area contributed by atoms with Gasteiger partial charge in [0.1, 0.15) is 42.3 Å². The van der Waals surface area contributed by atoms with E-state index in [2.05, 4.69) is 19.9 Å². The molecule has 0 spiro atoms. The summed E-state index contributed by atoms with van der Waals surface area (Å²) >= 11 is 6.05. The van der Waals surface area contributed by atoms with Gasteiger partial charge in [-0.3, -0.25) is 4.90 Å². The number of anilines is 1. The molecule has 0 bridgehead atoms. The zero-order valence-electron chi connectivity index (χ0n) is 18.1. The van der Waals surface area contributed by atoms with Crippen molar-refractivity contribution in [2.45, 2.75) is 62.4 Å². The molecule has 0 aliphatic carbocycles. The smallest absolute Gasteiger partial charge is 0.319 e. The number of aromatic nitrogens is 3. The fourth-order valence-electron chi connectivity index (χ4n) is 5.90. The second-order valence-electron chi connectivity index (χ2n) is 9.60. The molecule has 2 aromatic heterocycles. The normalized spacial score (nSPS) is 31.6. The van der Waals surface area contributed by atoms with Crippen LogP contribution in [0.5, 0.6) is 11.9 Å². The second kappa shape index (κ2) is 8.01. The predicted molar refractivity (Wildman–Crippen MR) is 116 cm³/mol. The Morgan fingerprint density at radius 2 is 1.88 bits per heavy atom. The minimum atomic E-state index is -1.02. The van der Waals surface area contributed by atoms with E-state index < -0.39 is 23.7 Å². The zero-order valence-corrected chi connectivity index (χ0v) is 18.8. The van der Waals surface area contributed by atoms with Gasteiger partial charge in [-0.25, -0.2) is 13.2 Å². The van der Waals surface area contributed by atoms with E-state index in [0.29, 0.717) is 17.8 Å². The maximum atomic E-state index is 15.1. The molecule has 178 valence electrons. The fourth-order valence-corrected chi connectivity index (χ4v) is 6.07. The van der Waals surface area contributed by atoms with Crippen LogP contribution in [-0.2, 0) is 0 Å². The van der Waals surface area contributed by atoms with E-state index in [1.807, 2.05) is 4.90 Å². The van der Waals surface area contributed by atoms with E-state index in [1.165, 1.54) is 0 Å². The molecule has 0 N–H and O–H groups in total. The summed E-state index contributed by atoms with van der Waals surface area (Å²) in [5.41, 5.74) is -0.757. The predicted octanol–water partition coefficient (Wildman–Crippen LogP) is 3.86. The summed E-state index contributed by atoms with van der Waals surface area (Å²) in [6, 6.07) is 0.0290. The maximum Gasteiger partial charge on any atom is 0.319 e. The molecule has 4 aliphatic heterocycles. The highest BCUT2D eigenvalue weighted by Gasteiger charge is 2.53. The van der Waals surface area contributed by atoms with Crippen molar-refractivity contribution in [3.8, 4) is 11.9 Å². The van der Waals surface area contributed by atoms with Crippen LogP contribution in [-0.4, -0.2) is 76.6 Å². The number of hydrogen-bond donors (Lipinski definition) is 0. The lowest BCUT2D eigenvalue weighted by Gasteiger charge is -2.31. The van der Waals surface area contributed by atoms with E-state index in [0.717, 1.165) is 32.2 Å². The molecule has 6 rings (SSSR count). The van der Waals surface area contributed by atoms with Gasteiger partial charge in [-0.1, -0.05) is 24.4 Å². The molecule has 0 amide bonds. The first kappa shape index (κ1) is 21.5. The first-order chi connectivity index (χ1) is 15.9.